The zero-order chi connectivity index (χ0) is 12.7. The normalized spacial score (nSPS) is 10.4. The van der Waals surface area contributed by atoms with Crippen LogP contribution in [0.25, 0.3) is 0 Å². The van der Waals surface area contributed by atoms with E-state index in [1.807, 2.05) is 0 Å². The monoisotopic (exact) mass is 254 g/mol. The molecule has 0 bridgehead atoms. The van der Waals surface area contributed by atoms with Gasteiger partial charge >= 0.3 is 0 Å². The molecule has 0 saturated carbocycles. The van der Waals surface area contributed by atoms with Gasteiger partial charge in [0.05, 0.1) is 5.56 Å². The number of aromatic hydroxyl groups is 1. The number of rotatable bonds is 7. The highest BCUT2D eigenvalue weighted by Gasteiger charge is 2.10. The first-order valence-corrected chi connectivity index (χ1v) is 6.73. The highest BCUT2D eigenvalue weighted by Crippen LogP contribution is 2.17. The molecule has 0 aliphatic rings. The molecule has 0 unspecified atom stereocenters. The van der Waals surface area contributed by atoms with Gasteiger partial charge in [-0.2, -0.15) is 4.98 Å². The fourth-order valence-corrected chi connectivity index (χ4v) is 2.04. The van der Waals surface area contributed by atoms with E-state index in [1.165, 1.54) is 11.8 Å². The highest BCUT2D eigenvalue weighted by atomic mass is 32.2. The molecular formula is C12H18N2O2S. The Balaban J connectivity index is 2.79. The fourth-order valence-electron chi connectivity index (χ4n) is 1.45. The van der Waals surface area contributed by atoms with Gasteiger partial charge in [-0.05, 0) is 12.8 Å². The van der Waals surface area contributed by atoms with Gasteiger partial charge in [-0.3, -0.25) is 4.79 Å². The van der Waals surface area contributed by atoms with Gasteiger partial charge in [-0.15, -0.1) is 6.58 Å². The Hall–Kier alpha value is -1.23. The van der Waals surface area contributed by atoms with Crippen LogP contribution in [0.1, 0.15) is 31.7 Å². The second kappa shape index (κ2) is 7.17. The van der Waals surface area contributed by atoms with E-state index in [0.717, 1.165) is 19.3 Å². The summed E-state index contributed by atoms with van der Waals surface area (Å²) in [7, 11) is 0. The number of hydrogen-bond donors (Lipinski definition) is 2. The van der Waals surface area contributed by atoms with E-state index < -0.39 is 0 Å². The molecule has 0 radical (unpaired) electrons. The van der Waals surface area contributed by atoms with Crippen molar-refractivity contribution < 1.29 is 5.11 Å². The molecule has 0 aromatic carbocycles. The van der Waals surface area contributed by atoms with Crippen LogP contribution in [0.2, 0.25) is 0 Å². The van der Waals surface area contributed by atoms with Crippen LogP contribution in [0.5, 0.6) is 5.88 Å². The molecule has 0 spiro atoms. The molecule has 0 aliphatic carbocycles. The number of hydrogen-bond acceptors (Lipinski definition) is 4. The molecule has 5 heteroatoms. The Kier molecular flexibility index (Phi) is 5.83. The van der Waals surface area contributed by atoms with E-state index in [9.17, 15) is 9.90 Å². The average molecular weight is 254 g/mol. The SMILES string of the molecule is C=CCSc1nc(O)c(CCCCC)c(=O)[nH]1. The van der Waals surface area contributed by atoms with Gasteiger partial charge < -0.3 is 10.1 Å². The van der Waals surface area contributed by atoms with Crippen molar-refractivity contribution in [3.63, 3.8) is 0 Å². The van der Waals surface area contributed by atoms with Crippen molar-refractivity contribution in [3.8, 4) is 5.88 Å². The number of H-pyrrole nitrogens is 1. The van der Waals surface area contributed by atoms with Crippen LogP contribution in [0.4, 0.5) is 0 Å². The molecule has 1 rings (SSSR count). The third-order valence-electron chi connectivity index (χ3n) is 2.34. The number of unbranched alkanes of at least 4 members (excludes halogenated alkanes) is 2. The Morgan fingerprint density at radius 3 is 2.88 bits per heavy atom. The molecule has 0 fully saturated rings. The van der Waals surface area contributed by atoms with Crippen molar-refractivity contribution in [2.24, 2.45) is 0 Å². The largest absolute Gasteiger partial charge is 0.493 e. The number of thioether (sulfide) groups is 1. The van der Waals surface area contributed by atoms with E-state index in [-0.39, 0.29) is 11.4 Å². The number of nitrogens with one attached hydrogen (secondary N) is 1. The third-order valence-corrected chi connectivity index (χ3v) is 3.21. The number of aromatic amines is 1. The standard InChI is InChI=1S/C12H18N2O2S/c1-3-5-6-7-9-10(15)13-12(14-11(9)16)17-8-4-2/h4H,2-3,5-8H2,1H3,(H2,13,14,15,16). The molecule has 1 heterocycles. The summed E-state index contributed by atoms with van der Waals surface area (Å²) in [6.07, 6.45) is 5.32. The molecule has 0 aliphatic heterocycles. The summed E-state index contributed by atoms with van der Waals surface area (Å²) in [5, 5.41) is 10.1. The molecule has 0 atom stereocenters. The van der Waals surface area contributed by atoms with E-state index in [4.69, 9.17) is 0 Å². The maximum absolute atomic E-state index is 11.7. The van der Waals surface area contributed by atoms with E-state index in [0.29, 0.717) is 22.9 Å². The summed E-state index contributed by atoms with van der Waals surface area (Å²) in [5.41, 5.74) is 0.154. The van der Waals surface area contributed by atoms with Gasteiger partial charge in [-0.25, -0.2) is 0 Å². The summed E-state index contributed by atoms with van der Waals surface area (Å²) >= 11 is 1.34. The molecule has 1 aromatic heterocycles. The number of nitrogens with zero attached hydrogens (tertiary/aromatic N) is 1. The predicted octanol–water partition coefficient (Wildman–Crippen LogP) is 2.49. The zero-order valence-electron chi connectivity index (χ0n) is 10.0. The Bertz CT molecular complexity index is 429. The van der Waals surface area contributed by atoms with Gasteiger partial charge in [0.15, 0.2) is 5.16 Å². The van der Waals surface area contributed by atoms with Crippen LogP contribution in [0, 0.1) is 0 Å². The fraction of sp³-hybridized carbons (Fsp3) is 0.500. The minimum Gasteiger partial charge on any atom is -0.493 e. The molecule has 0 amide bonds. The van der Waals surface area contributed by atoms with Crippen LogP contribution in [0.15, 0.2) is 22.6 Å². The van der Waals surface area contributed by atoms with Crippen LogP contribution >= 0.6 is 11.8 Å². The molecule has 94 valence electrons. The second-order valence-electron chi connectivity index (χ2n) is 3.73. The van der Waals surface area contributed by atoms with E-state index in [1.54, 1.807) is 6.08 Å². The summed E-state index contributed by atoms with van der Waals surface area (Å²) in [4.78, 5) is 18.4. The first-order chi connectivity index (χ1) is 8.19. The Morgan fingerprint density at radius 2 is 2.29 bits per heavy atom. The predicted molar refractivity (Wildman–Crippen MR) is 70.7 cm³/mol. The van der Waals surface area contributed by atoms with Gasteiger partial charge in [0, 0.05) is 5.75 Å². The number of aromatic nitrogens is 2. The summed E-state index contributed by atoms with van der Waals surface area (Å²) in [6, 6.07) is 0. The topological polar surface area (TPSA) is 66.0 Å². The second-order valence-corrected chi connectivity index (χ2v) is 4.74. The van der Waals surface area contributed by atoms with Crippen molar-refractivity contribution >= 4 is 11.8 Å². The van der Waals surface area contributed by atoms with Gasteiger partial charge in [-0.1, -0.05) is 37.6 Å². The summed E-state index contributed by atoms with van der Waals surface area (Å²) in [6.45, 7) is 5.68. The quantitative estimate of drug-likeness (QED) is 0.339. The van der Waals surface area contributed by atoms with Crippen molar-refractivity contribution in [1.29, 1.82) is 0 Å². The van der Waals surface area contributed by atoms with Crippen molar-refractivity contribution in [3.05, 3.63) is 28.6 Å². The lowest BCUT2D eigenvalue weighted by atomic mass is 10.1. The van der Waals surface area contributed by atoms with E-state index in [2.05, 4.69) is 23.5 Å². The minimum absolute atomic E-state index is 0.142. The molecular weight excluding hydrogens is 236 g/mol. The molecule has 2 N–H and O–H groups in total. The summed E-state index contributed by atoms with van der Waals surface area (Å²) in [5.74, 6) is 0.508. The highest BCUT2D eigenvalue weighted by molar-refractivity contribution is 7.99. The van der Waals surface area contributed by atoms with E-state index >= 15 is 0 Å². The van der Waals surface area contributed by atoms with Crippen LogP contribution in [0.3, 0.4) is 0 Å². The Morgan fingerprint density at radius 1 is 1.53 bits per heavy atom. The maximum Gasteiger partial charge on any atom is 0.258 e. The van der Waals surface area contributed by atoms with Gasteiger partial charge in [0.2, 0.25) is 5.88 Å². The van der Waals surface area contributed by atoms with Crippen molar-refractivity contribution in [2.75, 3.05) is 5.75 Å². The molecule has 1 aromatic rings. The lowest BCUT2D eigenvalue weighted by Crippen LogP contribution is -2.15. The minimum atomic E-state index is -0.236. The Labute approximate surface area is 105 Å². The smallest absolute Gasteiger partial charge is 0.258 e. The maximum atomic E-state index is 11.7. The van der Waals surface area contributed by atoms with Gasteiger partial charge in [0.1, 0.15) is 0 Å². The van der Waals surface area contributed by atoms with Crippen molar-refractivity contribution in [2.45, 2.75) is 37.8 Å². The summed E-state index contributed by atoms with van der Waals surface area (Å²) < 4.78 is 0. The average Bonchev–Trinajstić information content (AvgIpc) is 2.30. The van der Waals surface area contributed by atoms with Crippen molar-refractivity contribution in [1.82, 2.24) is 9.97 Å². The van der Waals surface area contributed by atoms with Crippen LogP contribution in [-0.4, -0.2) is 20.8 Å². The lowest BCUT2D eigenvalue weighted by molar-refractivity contribution is 0.434. The van der Waals surface area contributed by atoms with Gasteiger partial charge in [0.25, 0.3) is 5.56 Å². The first-order valence-electron chi connectivity index (χ1n) is 5.74. The van der Waals surface area contributed by atoms with Crippen LogP contribution < -0.4 is 5.56 Å². The molecule has 17 heavy (non-hydrogen) atoms. The molecule has 4 nitrogen and oxygen atoms in total. The lowest BCUT2D eigenvalue weighted by Gasteiger charge is -2.04. The first kappa shape index (κ1) is 13.8. The zero-order valence-corrected chi connectivity index (χ0v) is 10.8. The third kappa shape index (κ3) is 4.26. The molecule has 0 saturated heterocycles. The van der Waals surface area contributed by atoms with Crippen LogP contribution in [-0.2, 0) is 6.42 Å².